The van der Waals surface area contributed by atoms with Gasteiger partial charge < -0.3 is 10.4 Å². The molecule has 0 aliphatic rings. The van der Waals surface area contributed by atoms with E-state index >= 15 is 0 Å². The SMILES string of the molecule is CC(C)CC(O)CNc1ncnc2c1cnn2-c1ncccn1. The molecule has 1 atom stereocenters. The lowest BCUT2D eigenvalue weighted by Gasteiger charge is -2.14. The second-order valence-electron chi connectivity index (χ2n) is 5.73. The molecule has 2 N–H and O–H groups in total. The number of aromatic nitrogens is 6. The van der Waals surface area contributed by atoms with Gasteiger partial charge in [-0.25, -0.2) is 19.9 Å². The van der Waals surface area contributed by atoms with Gasteiger partial charge in [0.1, 0.15) is 12.1 Å². The first kappa shape index (κ1) is 15.3. The maximum atomic E-state index is 9.99. The van der Waals surface area contributed by atoms with Crippen LogP contribution in [0.15, 0.2) is 31.0 Å². The lowest BCUT2D eigenvalue weighted by Crippen LogP contribution is -2.21. The molecule has 0 saturated carbocycles. The molecule has 3 aromatic rings. The van der Waals surface area contributed by atoms with Gasteiger partial charge in [0.25, 0.3) is 5.95 Å². The van der Waals surface area contributed by atoms with E-state index in [0.717, 1.165) is 11.8 Å². The van der Waals surface area contributed by atoms with Crippen LogP contribution in [0.1, 0.15) is 20.3 Å². The standard InChI is InChI=1S/C15H19N7O/c1-10(2)6-11(23)7-18-13-12-8-21-22(14(12)20-9-19-13)15-16-4-3-5-17-15/h3-5,8-11,23H,6-7H2,1-2H3,(H,18,19,20). The van der Waals surface area contributed by atoms with E-state index in [1.807, 2.05) is 0 Å². The number of aliphatic hydroxyl groups excluding tert-OH is 1. The number of anilines is 1. The molecule has 3 aromatic heterocycles. The van der Waals surface area contributed by atoms with Gasteiger partial charge in [-0.3, -0.25) is 0 Å². The fourth-order valence-electron chi connectivity index (χ4n) is 2.37. The zero-order valence-electron chi connectivity index (χ0n) is 13.1. The summed E-state index contributed by atoms with van der Waals surface area (Å²) in [5.74, 6) is 1.53. The summed E-state index contributed by atoms with van der Waals surface area (Å²) in [6.07, 6.45) is 6.74. The topological polar surface area (TPSA) is 102 Å². The number of hydrogen-bond acceptors (Lipinski definition) is 7. The third kappa shape index (κ3) is 3.42. The van der Waals surface area contributed by atoms with Crippen molar-refractivity contribution in [3.63, 3.8) is 0 Å². The van der Waals surface area contributed by atoms with Crippen LogP contribution in [-0.4, -0.2) is 47.5 Å². The molecule has 120 valence electrons. The summed E-state index contributed by atoms with van der Waals surface area (Å²) in [5, 5.41) is 18.2. The molecule has 0 aliphatic heterocycles. The Balaban J connectivity index is 1.84. The molecule has 1 unspecified atom stereocenters. The molecule has 0 aliphatic carbocycles. The van der Waals surface area contributed by atoms with Crippen LogP contribution in [0.4, 0.5) is 5.82 Å². The number of nitrogens with one attached hydrogen (secondary N) is 1. The van der Waals surface area contributed by atoms with E-state index in [0.29, 0.717) is 29.9 Å². The average molecular weight is 313 g/mol. The van der Waals surface area contributed by atoms with Gasteiger partial charge in [-0.2, -0.15) is 9.78 Å². The molecule has 0 spiro atoms. The first-order valence-electron chi connectivity index (χ1n) is 7.53. The Labute approximate surface area is 133 Å². The smallest absolute Gasteiger partial charge is 0.252 e. The van der Waals surface area contributed by atoms with Crippen molar-refractivity contribution in [2.75, 3.05) is 11.9 Å². The maximum Gasteiger partial charge on any atom is 0.252 e. The Morgan fingerprint density at radius 2 is 1.96 bits per heavy atom. The molecular weight excluding hydrogens is 294 g/mol. The maximum absolute atomic E-state index is 9.99. The third-order valence-electron chi connectivity index (χ3n) is 3.36. The van der Waals surface area contributed by atoms with Crippen molar-refractivity contribution < 1.29 is 5.11 Å². The van der Waals surface area contributed by atoms with Crippen LogP contribution in [-0.2, 0) is 0 Å². The predicted molar refractivity (Wildman–Crippen MR) is 86.2 cm³/mol. The fourth-order valence-corrected chi connectivity index (χ4v) is 2.37. The number of hydrogen-bond donors (Lipinski definition) is 2. The minimum absolute atomic E-state index is 0.424. The van der Waals surface area contributed by atoms with Crippen molar-refractivity contribution in [3.05, 3.63) is 31.0 Å². The number of fused-ring (bicyclic) bond motifs is 1. The number of nitrogens with zero attached hydrogens (tertiary/aromatic N) is 6. The van der Waals surface area contributed by atoms with Gasteiger partial charge in [-0.05, 0) is 18.4 Å². The molecule has 0 aromatic carbocycles. The highest BCUT2D eigenvalue weighted by Gasteiger charge is 2.13. The van der Waals surface area contributed by atoms with Crippen molar-refractivity contribution in [3.8, 4) is 5.95 Å². The van der Waals surface area contributed by atoms with Crippen LogP contribution in [0, 0.1) is 5.92 Å². The van der Waals surface area contributed by atoms with Crippen LogP contribution in [0.25, 0.3) is 17.0 Å². The predicted octanol–water partition coefficient (Wildman–Crippen LogP) is 1.42. The van der Waals surface area contributed by atoms with Gasteiger partial charge in [-0.15, -0.1) is 0 Å². The van der Waals surface area contributed by atoms with Crippen LogP contribution < -0.4 is 5.32 Å². The summed E-state index contributed by atoms with van der Waals surface area (Å²) in [6, 6.07) is 1.74. The summed E-state index contributed by atoms with van der Waals surface area (Å²) >= 11 is 0. The summed E-state index contributed by atoms with van der Waals surface area (Å²) in [6.45, 7) is 4.59. The van der Waals surface area contributed by atoms with Crippen molar-refractivity contribution in [2.24, 2.45) is 5.92 Å². The molecule has 0 fully saturated rings. The van der Waals surface area contributed by atoms with Gasteiger partial charge in [0.2, 0.25) is 0 Å². The van der Waals surface area contributed by atoms with Crippen LogP contribution in [0.2, 0.25) is 0 Å². The molecule has 0 bridgehead atoms. The van der Waals surface area contributed by atoms with Crippen molar-refractivity contribution in [1.29, 1.82) is 0 Å². The minimum Gasteiger partial charge on any atom is -0.391 e. The zero-order chi connectivity index (χ0) is 16.2. The lowest BCUT2D eigenvalue weighted by molar-refractivity contribution is 0.161. The molecule has 3 rings (SSSR count). The third-order valence-corrected chi connectivity index (χ3v) is 3.36. The highest BCUT2D eigenvalue weighted by molar-refractivity contribution is 5.86. The summed E-state index contributed by atoms with van der Waals surface area (Å²) < 4.78 is 1.56. The van der Waals surface area contributed by atoms with E-state index in [1.165, 1.54) is 6.33 Å². The van der Waals surface area contributed by atoms with Crippen molar-refractivity contribution >= 4 is 16.9 Å². The Hall–Kier alpha value is -2.61. The molecule has 8 heteroatoms. The minimum atomic E-state index is -0.424. The summed E-state index contributed by atoms with van der Waals surface area (Å²) in [5.41, 5.74) is 0.618. The molecule has 23 heavy (non-hydrogen) atoms. The number of rotatable bonds is 6. The normalized spacial score (nSPS) is 12.7. The molecule has 0 amide bonds. The van der Waals surface area contributed by atoms with E-state index in [4.69, 9.17) is 0 Å². The van der Waals surface area contributed by atoms with Crippen molar-refractivity contribution in [2.45, 2.75) is 26.4 Å². The summed E-state index contributed by atoms with van der Waals surface area (Å²) in [4.78, 5) is 16.9. The van der Waals surface area contributed by atoms with Gasteiger partial charge in [0.15, 0.2) is 5.65 Å². The lowest BCUT2D eigenvalue weighted by atomic mass is 10.1. The zero-order valence-corrected chi connectivity index (χ0v) is 13.1. The van der Waals surface area contributed by atoms with Crippen LogP contribution in [0.3, 0.4) is 0 Å². The monoisotopic (exact) mass is 313 g/mol. The first-order valence-corrected chi connectivity index (χ1v) is 7.53. The quantitative estimate of drug-likeness (QED) is 0.709. The van der Waals surface area contributed by atoms with E-state index in [-0.39, 0.29) is 0 Å². The molecular formula is C15H19N7O. The van der Waals surface area contributed by atoms with Crippen LogP contribution >= 0.6 is 0 Å². The van der Waals surface area contributed by atoms with Gasteiger partial charge in [-0.1, -0.05) is 13.8 Å². The Bertz CT molecular complexity index is 772. The molecule has 8 nitrogen and oxygen atoms in total. The molecule has 0 saturated heterocycles. The Morgan fingerprint density at radius 3 is 2.70 bits per heavy atom. The first-order chi connectivity index (χ1) is 11.1. The van der Waals surface area contributed by atoms with Gasteiger partial charge in [0, 0.05) is 18.9 Å². The van der Waals surface area contributed by atoms with E-state index in [2.05, 4.69) is 44.2 Å². The second kappa shape index (κ2) is 6.66. The van der Waals surface area contributed by atoms with Crippen LogP contribution in [0.5, 0.6) is 0 Å². The summed E-state index contributed by atoms with van der Waals surface area (Å²) in [7, 11) is 0. The van der Waals surface area contributed by atoms with Gasteiger partial charge in [0.05, 0.1) is 17.7 Å². The van der Waals surface area contributed by atoms with E-state index < -0.39 is 6.10 Å². The second-order valence-corrected chi connectivity index (χ2v) is 5.73. The van der Waals surface area contributed by atoms with Crippen molar-refractivity contribution in [1.82, 2.24) is 29.7 Å². The Kier molecular flexibility index (Phi) is 4.42. The van der Waals surface area contributed by atoms with E-state index in [9.17, 15) is 5.11 Å². The largest absolute Gasteiger partial charge is 0.391 e. The average Bonchev–Trinajstić information content (AvgIpc) is 2.97. The molecule has 0 radical (unpaired) electrons. The Morgan fingerprint density at radius 1 is 1.17 bits per heavy atom. The highest BCUT2D eigenvalue weighted by atomic mass is 16.3. The van der Waals surface area contributed by atoms with Gasteiger partial charge >= 0.3 is 0 Å². The van der Waals surface area contributed by atoms with E-state index in [1.54, 1.807) is 29.3 Å². The number of aliphatic hydroxyl groups is 1. The highest BCUT2D eigenvalue weighted by Crippen LogP contribution is 2.20. The fraction of sp³-hybridized carbons (Fsp3) is 0.400. The molecule has 3 heterocycles.